The van der Waals surface area contributed by atoms with Crippen molar-refractivity contribution in [3.05, 3.63) is 41.3 Å². The van der Waals surface area contributed by atoms with Crippen molar-refractivity contribution in [2.45, 2.75) is 19.9 Å². The highest BCUT2D eigenvalue weighted by Gasteiger charge is 2.15. The summed E-state index contributed by atoms with van der Waals surface area (Å²) in [5.74, 6) is 0.657. The van der Waals surface area contributed by atoms with E-state index in [1.165, 1.54) is 6.26 Å². The maximum Gasteiger partial charge on any atom is 0.203 e. The molecule has 5 heteroatoms. The van der Waals surface area contributed by atoms with Crippen LogP contribution >= 0.6 is 11.6 Å². The molecule has 2 aromatic heterocycles. The summed E-state index contributed by atoms with van der Waals surface area (Å²) in [6, 6.07) is 1.57. The van der Waals surface area contributed by atoms with Crippen LogP contribution in [-0.2, 0) is 13.0 Å². The minimum Gasteiger partial charge on any atom is -0.452 e. The lowest BCUT2D eigenvalue weighted by Crippen LogP contribution is -2.09. The summed E-state index contributed by atoms with van der Waals surface area (Å²) in [6.07, 6.45) is 5.17. The molecule has 0 fully saturated rings. The Labute approximate surface area is 97.8 Å². The van der Waals surface area contributed by atoms with E-state index in [0.717, 1.165) is 12.4 Å². The van der Waals surface area contributed by atoms with Crippen molar-refractivity contribution in [1.29, 1.82) is 0 Å². The lowest BCUT2D eigenvalue weighted by atomic mass is 10.1. The second-order valence-electron chi connectivity index (χ2n) is 3.34. The number of ketones is 1. The van der Waals surface area contributed by atoms with Gasteiger partial charge in [-0.15, -0.1) is 0 Å². The third-order valence-corrected chi connectivity index (χ3v) is 2.67. The fourth-order valence-electron chi connectivity index (χ4n) is 1.53. The standard InChI is InChI=1S/C11H11ClN2O2/c1-2-14-5-4-13-10(14)7-9(15)8-3-6-16-11(8)12/h3-6H,2,7H2,1H3. The van der Waals surface area contributed by atoms with Gasteiger partial charge in [0.05, 0.1) is 18.2 Å². The predicted molar refractivity (Wildman–Crippen MR) is 59.7 cm³/mol. The van der Waals surface area contributed by atoms with Crippen LogP contribution in [-0.4, -0.2) is 15.3 Å². The Hall–Kier alpha value is -1.55. The average Bonchev–Trinajstić information content (AvgIpc) is 2.86. The zero-order chi connectivity index (χ0) is 11.5. The van der Waals surface area contributed by atoms with Crippen molar-refractivity contribution < 1.29 is 9.21 Å². The summed E-state index contributed by atoms with van der Waals surface area (Å²) in [5.41, 5.74) is 0.410. The molecular weight excluding hydrogens is 228 g/mol. The first-order valence-electron chi connectivity index (χ1n) is 4.98. The van der Waals surface area contributed by atoms with E-state index in [-0.39, 0.29) is 17.4 Å². The van der Waals surface area contributed by atoms with Gasteiger partial charge < -0.3 is 8.98 Å². The van der Waals surface area contributed by atoms with Crippen LogP contribution in [0.2, 0.25) is 5.22 Å². The van der Waals surface area contributed by atoms with Crippen LogP contribution in [0.1, 0.15) is 23.1 Å². The third-order valence-electron chi connectivity index (χ3n) is 2.38. The lowest BCUT2D eigenvalue weighted by Gasteiger charge is -2.02. The van der Waals surface area contributed by atoms with Crippen molar-refractivity contribution in [2.75, 3.05) is 0 Å². The molecule has 16 heavy (non-hydrogen) atoms. The van der Waals surface area contributed by atoms with Crippen molar-refractivity contribution in [1.82, 2.24) is 9.55 Å². The minimum absolute atomic E-state index is 0.0837. The molecule has 0 aromatic carbocycles. The van der Waals surface area contributed by atoms with E-state index in [1.807, 2.05) is 17.7 Å². The van der Waals surface area contributed by atoms with Crippen LogP contribution in [0, 0.1) is 0 Å². The normalized spacial score (nSPS) is 10.6. The van der Waals surface area contributed by atoms with Crippen molar-refractivity contribution >= 4 is 17.4 Å². The van der Waals surface area contributed by atoms with Gasteiger partial charge in [0, 0.05) is 18.9 Å². The second-order valence-corrected chi connectivity index (χ2v) is 3.68. The number of carbonyl (C=O) groups excluding carboxylic acids is 1. The fraction of sp³-hybridized carbons (Fsp3) is 0.273. The molecule has 2 heterocycles. The summed E-state index contributed by atoms with van der Waals surface area (Å²) < 4.78 is 6.80. The van der Waals surface area contributed by atoms with Crippen LogP contribution in [0.5, 0.6) is 0 Å². The number of nitrogens with zero attached hydrogens (tertiary/aromatic N) is 2. The summed E-state index contributed by atoms with van der Waals surface area (Å²) in [4.78, 5) is 16.0. The maximum atomic E-state index is 11.9. The zero-order valence-electron chi connectivity index (χ0n) is 8.81. The number of furan rings is 1. The second kappa shape index (κ2) is 4.53. The van der Waals surface area contributed by atoms with Gasteiger partial charge in [-0.25, -0.2) is 4.98 Å². The molecule has 0 saturated carbocycles. The van der Waals surface area contributed by atoms with Gasteiger partial charge in [0.2, 0.25) is 5.22 Å². The van der Waals surface area contributed by atoms with E-state index in [1.54, 1.807) is 12.3 Å². The number of Topliss-reactive ketones (excluding diaryl/α,β-unsaturated/α-hetero) is 1. The van der Waals surface area contributed by atoms with Crippen molar-refractivity contribution in [3.63, 3.8) is 0 Å². The molecule has 4 nitrogen and oxygen atoms in total. The van der Waals surface area contributed by atoms with E-state index in [9.17, 15) is 4.79 Å². The lowest BCUT2D eigenvalue weighted by molar-refractivity contribution is 0.0989. The Morgan fingerprint density at radius 1 is 1.62 bits per heavy atom. The molecule has 0 aliphatic heterocycles. The number of hydrogen-bond donors (Lipinski definition) is 0. The van der Waals surface area contributed by atoms with Crippen LogP contribution in [0.15, 0.2) is 29.1 Å². The Morgan fingerprint density at radius 2 is 2.44 bits per heavy atom. The Morgan fingerprint density at radius 3 is 3.06 bits per heavy atom. The minimum atomic E-state index is -0.0837. The van der Waals surface area contributed by atoms with E-state index >= 15 is 0 Å². The average molecular weight is 239 g/mol. The van der Waals surface area contributed by atoms with Crippen LogP contribution < -0.4 is 0 Å². The molecule has 0 unspecified atom stereocenters. The summed E-state index contributed by atoms with van der Waals surface area (Å²) in [7, 11) is 0. The topological polar surface area (TPSA) is 48.0 Å². The monoisotopic (exact) mass is 238 g/mol. The number of imidazole rings is 1. The molecule has 0 saturated heterocycles. The molecule has 2 rings (SSSR count). The molecule has 2 aromatic rings. The van der Waals surface area contributed by atoms with Gasteiger partial charge in [0.15, 0.2) is 5.78 Å². The summed E-state index contributed by atoms with van der Waals surface area (Å²) in [6.45, 7) is 2.79. The van der Waals surface area contributed by atoms with Gasteiger partial charge in [-0.2, -0.15) is 0 Å². The van der Waals surface area contributed by atoms with Gasteiger partial charge >= 0.3 is 0 Å². The Balaban J connectivity index is 2.17. The van der Waals surface area contributed by atoms with Crippen LogP contribution in [0.25, 0.3) is 0 Å². The zero-order valence-corrected chi connectivity index (χ0v) is 9.57. The van der Waals surface area contributed by atoms with Gasteiger partial charge in [-0.1, -0.05) is 0 Å². The molecule has 0 spiro atoms. The number of aryl methyl sites for hydroxylation is 1. The SMILES string of the molecule is CCn1ccnc1CC(=O)c1ccoc1Cl. The fourth-order valence-corrected chi connectivity index (χ4v) is 1.75. The van der Waals surface area contributed by atoms with E-state index in [2.05, 4.69) is 4.98 Å². The quantitative estimate of drug-likeness (QED) is 0.770. The molecule has 0 atom stereocenters. The Bertz CT molecular complexity index is 502. The molecular formula is C11H11ClN2O2. The van der Waals surface area contributed by atoms with E-state index in [4.69, 9.17) is 16.0 Å². The smallest absolute Gasteiger partial charge is 0.203 e. The number of carbonyl (C=O) groups is 1. The first-order chi connectivity index (χ1) is 7.72. The Kier molecular flexibility index (Phi) is 3.10. The number of rotatable bonds is 4. The molecule has 0 amide bonds. The highest BCUT2D eigenvalue weighted by Crippen LogP contribution is 2.18. The first kappa shape index (κ1) is 11.0. The first-order valence-corrected chi connectivity index (χ1v) is 5.36. The van der Waals surface area contributed by atoms with Gasteiger partial charge in [-0.3, -0.25) is 4.79 Å². The van der Waals surface area contributed by atoms with Crippen LogP contribution in [0.4, 0.5) is 0 Å². The number of halogens is 1. The van der Waals surface area contributed by atoms with E-state index in [0.29, 0.717) is 5.56 Å². The largest absolute Gasteiger partial charge is 0.452 e. The van der Waals surface area contributed by atoms with Gasteiger partial charge in [0.1, 0.15) is 5.82 Å². The highest BCUT2D eigenvalue weighted by molar-refractivity contribution is 6.32. The number of aromatic nitrogens is 2. The summed E-state index contributed by atoms with van der Waals surface area (Å²) in [5, 5.41) is 0.139. The summed E-state index contributed by atoms with van der Waals surface area (Å²) >= 11 is 5.73. The third kappa shape index (κ3) is 2.02. The highest BCUT2D eigenvalue weighted by atomic mass is 35.5. The van der Waals surface area contributed by atoms with Crippen molar-refractivity contribution in [2.24, 2.45) is 0 Å². The van der Waals surface area contributed by atoms with Crippen LogP contribution in [0.3, 0.4) is 0 Å². The maximum absolute atomic E-state index is 11.9. The predicted octanol–water partition coefficient (Wildman–Crippen LogP) is 2.57. The molecule has 0 bridgehead atoms. The molecule has 84 valence electrons. The molecule has 0 aliphatic carbocycles. The van der Waals surface area contributed by atoms with E-state index < -0.39 is 0 Å². The molecule has 0 N–H and O–H groups in total. The van der Waals surface area contributed by atoms with Gasteiger partial charge in [0.25, 0.3) is 0 Å². The number of hydrogen-bond acceptors (Lipinski definition) is 3. The van der Waals surface area contributed by atoms with Gasteiger partial charge in [-0.05, 0) is 24.6 Å². The molecule has 0 radical (unpaired) electrons. The molecule has 0 aliphatic rings. The van der Waals surface area contributed by atoms with Crippen molar-refractivity contribution in [3.8, 4) is 0 Å².